The normalized spacial score (nSPS) is 14.9. The van der Waals surface area contributed by atoms with Crippen molar-refractivity contribution in [3.63, 3.8) is 0 Å². The molecule has 2 rings (SSSR count). The number of carbonyl (C=O) groups excluding carboxylic acids is 2. The van der Waals surface area contributed by atoms with Gasteiger partial charge in [0.2, 0.25) is 0 Å². The molecule has 0 aromatic carbocycles. The summed E-state index contributed by atoms with van der Waals surface area (Å²) in [5.41, 5.74) is 0. The number of thiophene rings is 1. The van der Waals surface area contributed by atoms with Crippen molar-refractivity contribution >= 4 is 23.3 Å². The Balaban J connectivity index is 1.95. The van der Waals surface area contributed by atoms with Crippen LogP contribution in [0.2, 0.25) is 0 Å². The molecule has 1 saturated heterocycles. The first-order valence-corrected chi connectivity index (χ1v) is 8.44. The van der Waals surface area contributed by atoms with E-state index in [1.807, 2.05) is 24.1 Å². The molecule has 0 N–H and O–H groups in total. The molecule has 7 heteroatoms. The van der Waals surface area contributed by atoms with Crippen molar-refractivity contribution in [2.45, 2.75) is 13.8 Å². The van der Waals surface area contributed by atoms with Gasteiger partial charge < -0.3 is 19.4 Å². The van der Waals surface area contributed by atoms with E-state index in [4.69, 9.17) is 4.74 Å². The Morgan fingerprint density at radius 2 is 1.77 bits per heavy atom. The second-order valence-electron chi connectivity index (χ2n) is 5.05. The third-order valence-electron chi connectivity index (χ3n) is 3.91. The number of amides is 3. The highest BCUT2D eigenvalue weighted by atomic mass is 32.1. The molecular weight excluding hydrogens is 302 g/mol. The molecule has 1 aliphatic rings. The van der Waals surface area contributed by atoms with E-state index in [2.05, 4.69) is 0 Å². The second kappa shape index (κ2) is 7.49. The number of carbonyl (C=O) groups is 2. The van der Waals surface area contributed by atoms with Crippen LogP contribution in [0.5, 0.6) is 5.75 Å². The van der Waals surface area contributed by atoms with E-state index >= 15 is 0 Å². The van der Waals surface area contributed by atoms with Gasteiger partial charge in [-0.15, -0.1) is 11.3 Å². The number of methoxy groups -OCH3 is 1. The summed E-state index contributed by atoms with van der Waals surface area (Å²) in [6, 6.07) is 1.86. The van der Waals surface area contributed by atoms with Crippen molar-refractivity contribution in [2.24, 2.45) is 0 Å². The second-order valence-corrected chi connectivity index (χ2v) is 5.97. The fraction of sp³-hybridized carbons (Fsp3) is 0.600. The summed E-state index contributed by atoms with van der Waals surface area (Å²) in [5.74, 6) is 0.610. The summed E-state index contributed by atoms with van der Waals surface area (Å²) < 4.78 is 5.21. The van der Waals surface area contributed by atoms with Crippen LogP contribution >= 0.6 is 11.3 Å². The third-order valence-corrected chi connectivity index (χ3v) is 4.80. The predicted octanol–water partition coefficient (Wildman–Crippen LogP) is 1.98. The number of piperazine rings is 1. The maximum absolute atomic E-state index is 12.5. The summed E-state index contributed by atoms with van der Waals surface area (Å²) in [7, 11) is 1.57. The van der Waals surface area contributed by atoms with Crippen LogP contribution in [0.15, 0.2) is 11.4 Å². The monoisotopic (exact) mass is 325 g/mol. The Labute approximate surface area is 135 Å². The molecule has 1 aromatic heterocycles. The summed E-state index contributed by atoms with van der Waals surface area (Å²) in [4.78, 5) is 30.9. The molecule has 0 saturated carbocycles. The smallest absolute Gasteiger partial charge is 0.320 e. The Morgan fingerprint density at radius 3 is 2.32 bits per heavy atom. The maximum Gasteiger partial charge on any atom is 0.320 e. The Kier molecular flexibility index (Phi) is 5.65. The Morgan fingerprint density at radius 1 is 1.18 bits per heavy atom. The van der Waals surface area contributed by atoms with E-state index in [0.29, 0.717) is 49.9 Å². The highest BCUT2D eigenvalue weighted by Crippen LogP contribution is 2.26. The van der Waals surface area contributed by atoms with Crippen molar-refractivity contribution in [2.75, 3.05) is 46.4 Å². The quantitative estimate of drug-likeness (QED) is 0.850. The molecule has 1 aromatic rings. The average Bonchev–Trinajstić information content (AvgIpc) is 3.04. The van der Waals surface area contributed by atoms with Crippen LogP contribution in [0.3, 0.4) is 0 Å². The lowest BCUT2D eigenvalue weighted by Gasteiger charge is -2.37. The van der Waals surface area contributed by atoms with Crippen molar-refractivity contribution in [3.05, 3.63) is 16.3 Å². The molecule has 122 valence electrons. The van der Waals surface area contributed by atoms with Crippen molar-refractivity contribution in [1.82, 2.24) is 14.7 Å². The van der Waals surface area contributed by atoms with Crippen LogP contribution in [0.4, 0.5) is 4.79 Å². The Hall–Kier alpha value is -1.76. The number of hydrogen-bond donors (Lipinski definition) is 0. The predicted molar refractivity (Wildman–Crippen MR) is 86.7 cm³/mol. The van der Waals surface area contributed by atoms with E-state index < -0.39 is 0 Å². The summed E-state index contributed by atoms with van der Waals surface area (Å²) >= 11 is 1.39. The molecule has 1 aliphatic heterocycles. The van der Waals surface area contributed by atoms with Gasteiger partial charge in [-0.1, -0.05) is 0 Å². The van der Waals surface area contributed by atoms with E-state index in [1.165, 1.54) is 11.3 Å². The molecule has 0 radical (unpaired) electrons. The van der Waals surface area contributed by atoms with Gasteiger partial charge in [0.05, 0.1) is 7.11 Å². The first kappa shape index (κ1) is 16.6. The number of nitrogens with zero attached hydrogens (tertiary/aromatic N) is 3. The van der Waals surface area contributed by atoms with Crippen LogP contribution in [0.25, 0.3) is 0 Å². The zero-order valence-electron chi connectivity index (χ0n) is 13.4. The molecular formula is C15H23N3O3S. The molecule has 0 unspecified atom stereocenters. The molecule has 6 nitrogen and oxygen atoms in total. The van der Waals surface area contributed by atoms with E-state index in [9.17, 15) is 9.59 Å². The molecule has 0 bridgehead atoms. The van der Waals surface area contributed by atoms with Crippen LogP contribution in [0, 0.1) is 0 Å². The summed E-state index contributed by atoms with van der Waals surface area (Å²) in [6.07, 6.45) is 0. The van der Waals surface area contributed by atoms with Crippen LogP contribution in [-0.2, 0) is 0 Å². The first-order valence-electron chi connectivity index (χ1n) is 7.56. The minimum absolute atomic E-state index is 0.0122. The largest absolute Gasteiger partial charge is 0.495 e. The first-order chi connectivity index (χ1) is 10.6. The van der Waals surface area contributed by atoms with Gasteiger partial charge in [0.15, 0.2) is 0 Å². The highest BCUT2D eigenvalue weighted by molar-refractivity contribution is 7.12. The Bertz CT molecular complexity index is 520. The number of ether oxygens (including phenoxy) is 1. The molecule has 0 atom stereocenters. The zero-order valence-corrected chi connectivity index (χ0v) is 14.2. The summed E-state index contributed by atoms with van der Waals surface area (Å²) in [6.45, 7) is 7.65. The third kappa shape index (κ3) is 3.35. The lowest BCUT2D eigenvalue weighted by Crippen LogP contribution is -2.54. The van der Waals surface area contributed by atoms with Gasteiger partial charge in [0.1, 0.15) is 10.6 Å². The summed E-state index contributed by atoms with van der Waals surface area (Å²) in [5, 5.41) is 1.85. The van der Waals surface area contributed by atoms with Crippen LogP contribution in [-0.4, -0.2) is 73.0 Å². The molecule has 0 aliphatic carbocycles. The lowest BCUT2D eigenvalue weighted by molar-refractivity contribution is 0.0643. The topological polar surface area (TPSA) is 53.1 Å². The molecule has 0 spiro atoms. The lowest BCUT2D eigenvalue weighted by atomic mass is 10.3. The number of hydrogen-bond acceptors (Lipinski definition) is 4. The van der Waals surface area contributed by atoms with Gasteiger partial charge in [0, 0.05) is 39.3 Å². The highest BCUT2D eigenvalue weighted by Gasteiger charge is 2.28. The fourth-order valence-corrected chi connectivity index (χ4v) is 3.38. The fourth-order valence-electron chi connectivity index (χ4n) is 2.55. The van der Waals surface area contributed by atoms with Crippen LogP contribution in [0.1, 0.15) is 23.5 Å². The van der Waals surface area contributed by atoms with Gasteiger partial charge in [-0.25, -0.2) is 4.79 Å². The number of rotatable bonds is 4. The van der Waals surface area contributed by atoms with E-state index in [0.717, 1.165) is 0 Å². The minimum Gasteiger partial charge on any atom is -0.495 e. The number of urea groups is 1. The van der Waals surface area contributed by atoms with Crippen LogP contribution < -0.4 is 4.74 Å². The molecule has 3 amide bonds. The van der Waals surface area contributed by atoms with Crippen molar-refractivity contribution in [3.8, 4) is 5.75 Å². The minimum atomic E-state index is -0.0122. The van der Waals surface area contributed by atoms with E-state index in [1.54, 1.807) is 23.0 Å². The molecule has 2 heterocycles. The van der Waals surface area contributed by atoms with Gasteiger partial charge in [0.25, 0.3) is 5.91 Å². The standard InChI is InChI=1S/C15H23N3O3S/c1-4-16(5-2)15(20)18-9-7-17(8-10-18)14(19)13-12(21-3)6-11-22-13/h6,11H,4-5,7-10H2,1-3H3. The average molecular weight is 325 g/mol. The zero-order chi connectivity index (χ0) is 16.1. The van der Waals surface area contributed by atoms with Gasteiger partial charge >= 0.3 is 6.03 Å². The van der Waals surface area contributed by atoms with Gasteiger partial charge in [-0.3, -0.25) is 4.79 Å². The van der Waals surface area contributed by atoms with Crippen molar-refractivity contribution < 1.29 is 14.3 Å². The van der Waals surface area contributed by atoms with Gasteiger partial charge in [-0.2, -0.15) is 0 Å². The maximum atomic E-state index is 12.5. The van der Waals surface area contributed by atoms with Crippen molar-refractivity contribution in [1.29, 1.82) is 0 Å². The molecule has 22 heavy (non-hydrogen) atoms. The van der Waals surface area contributed by atoms with Gasteiger partial charge in [-0.05, 0) is 25.3 Å². The SMILES string of the molecule is CCN(CC)C(=O)N1CCN(C(=O)c2sccc2OC)CC1. The molecule has 1 fully saturated rings. The van der Waals surface area contributed by atoms with E-state index in [-0.39, 0.29) is 11.9 Å².